The highest BCUT2D eigenvalue weighted by atomic mass is 32.3. The van der Waals surface area contributed by atoms with Crippen LogP contribution in [0.4, 0.5) is 4.79 Å². The fourth-order valence-electron chi connectivity index (χ4n) is 4.87. The van der Waals surface area contributed by atoms with Crippen LogP contribution in [-0.4, -0.2) is 96.7 Å². The average molecular weight is 448 g/mol. The van der Waals surface area contributed by atoms with Crippen LogP contribution in [0.5, 0.6) is 0 Å². The van der Waals surface area contributed by atoms with Gasteiger partial charge in [-0.25, -0.2) is 10.3 Å². The summed E-state index contributed by atoms with van der Waals surface area (Å²) < 4.78 is 35.1. The molecule has 0 aliphatic carbocycles. The van der Waals surface area contributed by atoms with Crippen molar-refractivity contribution in [2.75, 3.05) is 32.8 Å². The summed E-state index contributed by atoms with van der Waals surface area (Å²) >= 11 is 0. The smallest absolute Gasteiger partial charge is 0.310 e. The number of hydrogen-bond acceptors (Lipinski definition) is 8. The van der Waals surface area contributed by atoms with Crippen molar-refractivity contribution in [3.8, 4) is 0 Å². The zero-order valence-electron chi connectivity index (χ0n) is 16.7. The number of fused-ring (bicyclic) bond motifs is 2. The first-order chi connectivity index (χ1) is 14.3. The number of hydroxylamine groups is 3. The van der Waals surface area contributed by atoms with E-state index < -0.39 is 34.4 Å². The predicted molar refractivity (Wildman–Crippen MR) is 103 cm³/mol. The van der Waals surface area contributed by atoms with Crippen LogP contribution in [0.15, 0.2) is 0 Å². The molecular formula is C17H29N5O7S. The second-order valence-corrected chi connectivity index (χ2v) is 9.38. The van der Waals surface area contributed by atoms with E-state index in [9.17, 15) is 18.0 Å². The molecule has 30 heavy (non-hydrogen) atoms. The van der Waals surface area contributed by atoms with Gasteiger partial charge in [0.15, 0.2) is 0 Å². The molecule has 4 rings (SSSR count). The Morgan fingerprint density at radius 3 is 2.70 bits per heavy atom. The predicted octanol–water partition coefficient (Wildman–Crippen LogP) is -0.746. The second kappa shape index (κ2) is 8.93. The van der Waals surface area contributed by atoms with Crippen molar-refractivity contribution in [1.29, 1.82) is 0 Å². The maximum atomic E-state index is 12.5. The van der Waals surface area contributed by atoms with Gasteiger partial charge in [0.05, 0.1) is 12.6 Å². The van der Waals surface area contributed by atoms with Gasteiger partial charge in [-0.2, -0.15) is 13.5 Å². The van der Waals surface area contributed by atoms with Crippen LogP contribution >= 0.6 is 0 Å². The number of amides is 3. The quantitative estimate of drug-likeness (QED) is 0.340. The van der Waals surface area contributed by atoms with E-state index in [0.29, 0.717) is 30.6 Å². The first-order valence-electron chi connectivity index (χ1n) is 10.5. The van der Waals surface area contributed by atoms with Gasteiger partial charge in [0.25, 0.3) is 5.91 Å². The van der Waals surface area contributed by atoms with E-state index in [0.717, 1.165) is 26.1 Å². The second-order valence-electron chi connectivity index (χ2n) is 8.38. The summed E-state index contributed by atoms with van der Waals surface area (Å²) in [6.45, 7) is 3.67. The monoisotopic (exact) mass is 447 g/mol. The molecule has 3 N–H and O–H groups in total. The fourth-order valence-corrected chi connectivity index (χ4v) is 5.26. The Balaban J connectivity index is 1.22. The van der Waals surface area contributed by atoms with Crippen molar-refractivity contribution in [2.24, 2.45) is 0 Å². The van der Waals surface area contributed by atoms with Gasteiger partial charge in [-0.1, -0.05) is 6.42 Å². The van der Waals surface area contributed by atoms with E-state index in [1.807, 2.05) is 0 Å². The number of likely N-dealkylation sites (tertiary alicyclic amines) is 1. The van der Waals surface area contributed by atoms with Crippen molar-refractivity contribution in [3.05, 3.63) is 0 Å². The van der Waals surface area contributed by atoms with Gasteiger partial charge in [-0.15, -0.1) is 4.28 Å². The Bertz CT molecular complexity index is 760. The molecule has 4 aliphatic rings. The first kappa shape index (κ1) is 21.7. The van der Waals surface area contributed by atoms with Crippen LogP contribution in [0.2, 0.25) is 0 Å². The van der Waals surface area contributed by atoms with Gasteiger partial charge in [-0.3, -0.25) is 19.1 Å². The van der Waals surface area contributed by atoms with Crippen LogP contribution < -0.4 is 10.8 Å². The third-order valence-electron chi connectivity index (χ3n) is 6.36. The zero-order chi connectivity index (χ0) is 21.3. The minimum atomic E-state index is -4.81. The molecule has 13 heteroatoms. The number of urea groups is 1. The van der Waals surface area contributed by atoms with Crippen molar-refractivity contribution in [1.82, 2.24) is 25.7 Å². The van der Waals surface area contributed by atoms with Crippen LogP contribution in [-0.2, 0) is 24.3 Å². The van der Waals surface area contributed by atoms with Crippen LogP contribution in [0, 0.1) is 0 Å². The molecule has 4 aliphatic heterocycles. The summed E-state index contributed by atoms with van der Waals surface area (Å²) in [4.78, 5) is 34.1. The minimum absolute atomic E-state index is 0.147. The number of piperidine rings is 2. The van der Waals surface area contributed by atoms with Crippen molar-refractivity contribution in [3.63, 3.8) is 0 Å². The molecular weight excluding hydrogens is 418 g/mol. The first-order valence-corrected chi connectivity index (χ1v) is 11.8. The molecule has 170 valence electrons. The third kappa shape index (κ3) is 4.86. The van der Waals surface area contributed by atoms with Gasteiger partial charge in [0.1, 0.15) is 6.04 Å². The summed E-state index contributed by atoms with van der Waals surface area (Å²) in [6, 6.07) is -1.42. The highest BCUT2D eigenvalue weighted by Crippen LogP contribution is 2.30. The van der Waals surface area contributed by atoms with Crippen molar-refractivity contribution < 1.29 is 31.7 Å². The lowest BCUT2D eigenvalue weighted by Crippen LogP contribution is -2.50. The molecule has 0 spiro atoms. The maximum absolute atomic E-state index is 12.5. The Labute approximate surface area is 175 Å². The van der Waals surface area contributed by atoms with Crippen LogP contribution in [0.25, 0.3) is 0 Å². The number of rotatable bonds is 7. The number of carbonyl (C=O) groups excluding carboxylic acids is 2. The summed E-state index contributed by atoms with van der Waals surface area (Å²) in [5.74, 6) is -0.457. The molecule has 0 aromatic rings. The molecule has 0 radical (unpaired) electrons. The molecule has 4 atom stereocenters. The lowest BCUT2D eigenvalue weighted by molar-refractivity contribution is -0.139. The van der Waals surface area contributed by atoms with Crippen LogP contribution in [0.1, 0.15) is 38.5 Å². The minimum Gasteiger partial charge on any atom is -0.310 e. The Kier molecular flexibility index (Phi) is 6.46. The molecule has 4 fully saturated rings. The molecule has 2 bridgehead atoms. The van der Waals surface area contributed by atoms with E-state index in [1.165, 1.54) is 24.2 Å². The van der Waals surface area contributed by atoms with E-state index in [1.54, 1.807) is 0 Å². The molecule has 0 aromatic carbocycles. The number of nitrogens with one attached hydrogen (secondary N) is 2. The highest BCUT2D eigenvalue weighted by Gasteiger charge is 2.49. The normalized spacial score (nSPS) is 32.6. The van der Waals surface area contributed by atoms with Crippen LogP contribution in [0.3, 0.4) is 0 Å². The molecule has 4 heterocycles. The van der Waals surface area contributed by atoms with Gasteiger partial charge < -0.3 is 10.2 Å². The molecule has 12 nitrogen and oxygen atoms in total. The summed E-state index contributed by atoms with van der Waals surface area (Å²) in [6.07, 6.45) is 5.48. The van der Waals surface area contributed by atoms with E-state index in [4.69, 9.17) is 9.39 Å². The topological polar surface area (TPSA) is 141 Å². The molecule has 2 unspecified atom stereocenters. The van der Waals surface area contributed by atoms with E-state index in [-0.39, 0.29) is 12.6 Å². The van der Waals surface area contributed by atoms with Gasteiger partial charge in [0.2, 0.25) is 0 Å². The Morgan fingerprint density at radius 1 is 1.20 bits per heavy atom. The van der Waals surface area contributed by atoms with E-state index >= 15 is 0 Å². The number of nitrogens with zero attached hydrogens (tertiary/aromatic N) is 3. The molecule has 3 amide bonds. The Morgan fingerprint density at radius 2 is 1.97 bits per heavy atom. The Hall–Kier alpha value is -1.51. The zero-order valence-corrected chi connectivity index (χ0v) is 17.6. The molecule has 4 saturated heterocycles. The molecule has 0 aromatic heterocycles. The number of carbonyl (C=O) groups is 2. The van der Waals surface area contributed by atoms with E-state index in [2.05, 4.69) is 20.0 Å². The average Bonchev–Trinajstić information content (AvgIpc) is 3.27. The van der Waals surface area contributed by atoms with Gasteiger partial charge in [0, 0.05) is 25.2 Å². The standard InChI is InChI=1S/C17H29N5O7S/c23-16(15-5-4-13-10-21(15)17(24)22(13)29-30(25,26)27)19-28-11-12-8-14(9-18-12)20-6-2-1-3-7-20/h12-15,18H,1-11H2,(H,19,23)(H,25,26,27)/t12-,13?,14-,15?/m0/s1. The van der Waals surface area contributed by atoms with Gasteiger partial charge >= 0.3 is 16.4 Å². The van der Waals surface area contributed by atoms with Crippen molar-refractivity contribution >= 4 is 22.3 Å². The fraction of sp³-hybridized carbons (Fsp3) is 0.882. The van der Waals surface area contributed by atoms with Crippen molar-refractivity contribution in [2.45, 2.75) is 62.7 Å². The summed E-state index contributed by atoms with van der Waals surface area (Å²) in [7, 11) is -4.81. The lowest BCUT2D eigenvalue weighted by Gasteiger charge is -2.31. The lowest BCUT2D eigenvalue weighted by atomic mass is 10.0. The molecule has 0 saturated carbocycles. The maximum Gasteiger partial charge on any atom is 0.418 e. The third-order valence-corrected chi connectivity index (χ3v) is 6.71. The SMILES string of the molecule is O=C(NOC[C@@H]1C[C@H](N2CCCCC2)CN1)C1CCC2CN1C(=O)N2OS(=O)(=O)O. The summed E-state index contributed by atoms with van der Waals surface area (Å²) in [5.41, 5.74) is 2.43. The summed E-state index contributed by atoms with van der Waals surface area (Å²) in [5, 5.41) is 4.05. The largest absolute Gasteiger partial charge is 0.418 e. The highest BCUT2D eigenvalue weighted by molar-refractivity contribution is 7.80. The van der Waals surface area contributed by atoms with Gasteiger partial charge in [-0.05, 0) is 45.2 Å². The number of hydrogen-bond donors (Lipinski definition) is 3.